The monoisotopic (exact) mass is 294 g/mol. The SMILES string of the molecule is CCC(COC)N[C@@H]1CCC(=O)N(C)[C@H]1c1ccnn1C. The highest BCUT2D eigenvalue weighted by molar-refractivity contribution is 5.77. The molecule has 0 radical (unpaired) electrons. The minimum Gasteiger partial charge on any atom is -0.383 e. The quantitative estimate of drug-likeness (QED) is 0.853. The van der Waals surface area contributed by atoms with E-state index < -0.39 is 0 Å². The molecule has 6 nitrogen and oxygen atoms in total. The number of nitrogens with zero attached hydrogens (tertiary/aromatic N) is 3. The average molecular weight is 294 g/mol. The van der Waals surface area contributed by atoms with E-state index in [9.17, 15) is 4.79 Å². The fourth-order valence-corrected chi connectivity index (χ4v) is 3.08. The average Bonchev–Trinajstić information content (AvgIpc) is 2.88. The third kappa shape index (κ3) is 3.44. The number of rotatable bonds is 6. The minimum atomic E-state index is 0.0182. The highest BCUT2D eigenvalue weighted by atomic mass is 16.5. The van der Waals surface area contributed by atoms with Crippen molar-refractivity contribution in [3.8, 4) is 0 Å². The first-order chi connectivity index (χ1) is 10.1. The number of likely N-dealkylation sites (N-methyl/N-ethyl adjacent to an activating group) is 1. The maximum absolute atomic E-state index is 12.1. The maximum atomic E-state index is 12.1. The van der Waals surface area contributed by atoms with Crippen molar-refractivity contribution in [3.63, 3.8) is 0 Å². The number of likely N-dealkylation sites (tertiary alicyclic amines) is 1. The van der Waals surface area contributed by atoms with E-state index in [2.05, 4.69) is 17.3 Å². The van der Waals surface area contributed by atoms with E-state index in [-0.39, 0.29) is 18.0 Å². The van der Waals surface area contributed by atoms with E-state index in [0.717, 1.165) is 18.5 Å². The minimum absolute atomic E-state index is 0.0182. The van der Waals surface area contributed by atoms with Crippen molar-refractivity contribution in [1.29, 1.82) is 0 Å². The number of aromatic nitrogens is 2. The van der Waals surface area contributed by atoms with Gasteiger partial charge in [-0.1, -0.05) is 6.92 Å². The number of hydrogen-bond donors (Lipinski definition) is 1. The topological polar surface area (TPSA) is 59.4 Å². The van der Waals surface area contributed by atoms with Crippen LogP contribution >= 0.6 is 0 Å². The van der Waals surface area contributed by atoms with Gasteiger partial charge >= 0.3 is 0 Å². The van der Waals surface area contributed by atoms with Gasteiger partial charge in [0.2, 0.25) is 5.91 Å². The van der Waals surface area contributed by atoms with Gasteiger partial charge in [-0.05, 0) is 18.9 Å². The molecular formula is C15H26N4O2. The molecule has 1 saturated heterocycles. The Morgan fingerprint density at radius 3 is 2.86 bits per heavy atom. The first-order valence-electron chi connectivity index (χ1n) is 7.57. The van der Waals surface area contributed by atoms with Gasteiger partial charge < -0.3 is 15.0 Å². The molecule has 1 aromatic heterocycles. The van der Waals surface area contributed by atoms with Crippen LogP contribution in [-0.4, -0.2) is 53.4 Å². The van der Waals surface area contributed by atoms with Crippen LogP contribution in [0.15, 0.2) is 12.3 Å². The van der Waals surface area contributed by atoms with Gasteiger partial charge in [0.05, 0.1) is 18.3 Å². The summed E-state index contributed by atoms with van der Waals surface area (Å²) in [6.07, 6.45) is 4.22. The zero-order valence-corrected chi connectivity index (χ0v) is 13.4. The fourth-order valence-electron chi connectivity index (χ4n) is 3.08. The molecule has 21 heavy (non-hydrogen) atoms. The standard InChI is InChI=1S/C15H26N4O2/c1-5-11(10-21-4)17-12-6-7-14(20)18(2)15(12)13-8-9-16-19(13)3/h8-9,11-12,15,17H,5-7,10H2,1-4H3/t11?,12-,15-/m1/s1. The van der Waals surface area contributed by atoms with Crippen molar-refractivity contribution in [2.75, 3.05) is 20.8 Å². The molecule has 1 amide bonds. The van der Waals surface area contributed by atoms with Crippen molar-refractivity contribution >= 4 is 5.91 Å². The van der Waals surface area contributed by atoms with Gasteiger partial charge in [-0.2, -0.15) is 5.10 Å². The summed E-state index contributed by atoms with van der Waals surface area (Å²) < 4.78 is 7.13. The summed E-state index contributed by atoms with van der Waals surface area (Å²) in [6, 6.07) is 2.54. The summed E-state index contributed by atoms with van der Waals surface area (Å²) in [5.74, 6) is 0.194. The van der Waals surface area contributed by atoms with Crippen LogP contribution in [0.25, 0.3) is 0 Å². The number of aryl methyl sites for hydroxylation is 1. The third-order valence-electron chi connectivity index (χ3n) is 4.33. The molecule has 1 fully saturated rings. The molecule has 0 spiro atoms. The van der Waals surface area contributed by atoms with E-state index in [0.29, 0.717) is 19.1 Å². The zero-order chi connectivity index (χ0) is 15.4. The Morgan fingerprint density at radius 1 is 1.52 bits per heavy atom. The summed E-state index contributed by atoms with van der Waals surface area (Å²) >= 11 is 0. The molecule has 2 heterocycles. The third-order valence-corrected chi connectivity index (χ3v) is 4.33. The van der Waals surface area contributed by atoms with Crippen LogP contribution in [0.2, 0.25) is 0 Å². The van der Waals surface area contributed by atoms with E-state index >= 15 is 0 Å². The lowest BCUT2D eigenvalue weighted by Gasteiger charge is -2.41. The predicted molar refractivity (Wildman–Crippen MR) is 80.8 cm³/mol. The molecule has 0 saturated carbocycles. The van der Waals surface area contributed by atoms with Crippen molar-refractivity contribution in [2.45, 2.75) is 44.3 Å². The van der Waals surface area contributed by atoms with E-state index in [1.807, 2.05) is 29.7 Å². The Bertz CT molecular complexity index is 474. The molecule has 0 aliphatic carbocycles. The van der Waals surface area contributed by atoms with Crippen LogP contribution in [0.4, 0.5) is 0 Å². The molecule has 3 atom stereocenters. The molecule has 118 valence electrons. The van der Waals surface area contributed by atoms with Crippen LogP contribution in [0.5, 0.6) is 0 Å². The van der Waals surface area contributed by atoms with Gasteiger partial charge in [0, 0.05) is 45.9 Å². The van der Waals surface area contributed by atoms with Crippen molar-refractivity contribution in [2.24, 2.45) is 7.05 Å². The Balaban J connectivity index is 2.21. The second-order valence-corrected chi connectivity index (χ2v) is 5.70. The summed E-state index contributed by atoms with van der Waals surface area (Å²) in [5.41, 5.74) is 1.07. The molecule has 1 unspecified atom stereocenters. The first kappa shape index (κ1) is 16.0. The van der Waals surface area contributed by atoms with Gasteiger partial charge in [0.15, 0.2) is 0 Å². The molecule has 0 bridgehead atoms. The van der Waals surface area contributed by atoms with Crippen molar-refractivity contribution in [3.05, 3.63) is 18.0 Å². The van der Waals surface area contributed by atoms with Gasteiger partial charge in [-0.25, -0.2) is 0 Å². The summed E-state index contributed by atoms with van der Waals surface area (Å²) in [7, 11) is 5.52. The van der Waals surface area contributed by atoms with E-state index in [1.165, 1.54) is 0 Å². The van der Waals surface area contributed by atoms with Gasteiger partial charge in [-0.3, -0.25) is 9.48 Å². The summed E-state index contributed by atoms with van der Waals surface area (Å²) in [4.78, 5) is 13.9. The number of methoxy groups -OCH3 is 1. The van der Waals surface area contributed by atoms with Gasteiger partial charge in [0.25, 0.3) is 0 Å². The predicted octanol–water partition coefficient (Wildman–Crippen LogP) is 1.10. The van der Waals surface area contributed by atoms with Crippen LogP contribution in [-0.2, 0) is 16.6 Å². The van der Waals surface area contributed by atoms with Crippen molar-refractivity contribution < 1.29 is 9.53 Å². The van der Waals surface area contributed by atoms with E-state index in [4.69, 9.17) is 4.74 Å². The van der Waals surface area contributed by atoms with Crippen LogP contribution in [0, 0.1) is 0 Å². The number of ether oxygens (including phenoxy) is 1. The summed E-state index contributed by atoms with van der Waals surface area (Å²) in [6.45, 7) is 2.83. The van der Waals surface area contributed by atoms with Crippen LogP contribution in [0.3, 0.4) is 0 Å². The Kier molecular flexibility index (Phi) is 5.36. The Labute approximate surface area is 126 Å². The second kappa shape index (κ2) is 7.04. The molecule has 1 aromatic rings. The Hall–Kier alpha value is -1.40. The number of amides is 1. The maximum Gasteiger partial charge on any atom is 0.222 e. The molecule has 1 N–H and O–H groups in total. The highest BCUT2D eigenvalue weighted by Gasteiger charge is 2.36. The van der Waals surface area contributed by atoms with Crippen LogP contribution in [0.1, 0.15) is 37.9 Å². The molecule has 6 heteroatoms. The molecule has 1 aliphatic rings. The Morgan fingerprint density at radius 2 is 2.29 bits per heavy atom. The highest BCUT2D eigenvalue weighted by Crippen LogP contribution is 2.30. The zero-order valence-electron chi connectivity index (χ0n) is 13.4. The van der Waals surface area contributed by atoms with Crippen LogP contribution < -0.4 is 5.32 Å². The smallest absolute Gasteiger partial charge is 0.222 e. The lowest BCUT2D eigenvalue weighted by atomic mass is 9.92. The molecular weight excluding hydrogens is 268 g/mol. The second-order valence-electron chi connectivity index (χ2n) is 5.70. The molecule has 1 aliphatic heterocycles. The van der Waals surface area contributed by atoms with Crippen molar-refractivity contribution in [1.82, 2.24) is 20.0 Å². The van der Waals surface area contributed by atoms with Gasteiger partial charge in [0.1, 0.15) is 0 Å². The fraction of sp³-hybridized carbons (Fsp3) is 0.733. The largest absolute Gasteiger partial charge is 0.383 e. The number of carbonyl (C=O) groups is 1. The van der Waals surface area contributed by atoms with Gasteiger partial charge in [-0.15, -0.1) is 0 Å². The first-order valence-corrected chi connectivity index (χ1v) is 7.57. The molecule has 0 aromatic carbocycles. The number of hydrogen-bond acceptors (Lipinski definition) is 4. The normalized spacial score (nSPS) is 24.4. The lowest BCUT2D eigenvalue weighted by molar-refractivity contribution is -0.136. The summed E-state index contributed by atoms with van der Waals surface area (Å²) in [5, 5.41) is 7.91. The number of carbonyl (C=O) groups excluding carboxylic acids is 1. The lowest BCUT2D eigenvalue weighted by Crippen LogP contribution is -2.53. The van der Waals surface area contributed by atoms with E-state index in [1.54, 1.807) is 13.3 Å². The number of nitrogens with one attached hydrogen (secondary N) is 1. The number of piperidine rings is 1. The molecule has 2 rings (SSSR count).